The maximum Gasteiger partial charge on any atom is 0.251 e. The highest BCUT2D eigenvalue weighted by Gasteiger charge is 2.07. The zero-order valence-electron chi connectivity index (χ0n) is 15.3. The van der Waals surface area contributed by atoms with Crippen molar-refractivity contribution in [3.63, 3.8) is 0 Å². The first-order valence-corrected chi connectivity index (χ1v) is 8.71. The predicted molar refractivity (Wildman–Crippen MR) is 106 cm³/mol. The molecule has 1 aromatic heterocycles. The van der Waals surface area contributed by atoms with Crippen LogP contribution in [0.15, 0.2) is 53.3 Å². The Morgan fingerprint density at radius 1 is 1.04 bits per heavy atom. The average Bonchev–Trinajstić information content (AvgIpc) is 2.62. The second-order valence-corrected chi connectivity index (χ2v) is 6.48. The van der Waals surface area contributed by atoms with E-state index < -0.39 is 0 Å². The van der Waals surface area contributed by atoms with Crippen molar-refractivity contribution in [2.75, 3.05) is 11.9 Å². The maximum absolute atomic E-state index is 12.2. The molecular weight excluding hydrogens is 342 g/mol. The van der Waals surface area contributed by atoms with Gasteiger partial charge in [0.15, 0.2) is 0 Å². The molecule has 0 aliphatic rings. The second-order valence-electron chi connectivity index (χ2n) is 6.48. The Morgan fingerprint density at radius 2 is 1.78 bits per heavy atom. The van der Waals surface area contributed by atoms with Crippen molar-refractivity contribution in [3.8, 4) is 0 Å². The highest BCUT2D eigenvalue weighted by atomic mass is 16.2. The summed E-state index contributed by atoms with van der Waals surface area (Å²) >= 11 is 0. The topological polar surface area (TPSA) is 91.1 Å². The highest BCUT2D eigenvalue weighted by Crippen LogP contribution is 2.13. The van der Waals surface area contributed by atoms with Crippen LogP contribution in [0.2, 0.25) is 0 Å². The molecule has 2 aromatic carbocycles. The number of carbonyl (C=O) groups excluding carboxylic acids is 2. The third-order valence-electron chi connectivity index (χ3n) is 4.22. The van der Waals surface area contributed by atoms with E-state index in [9.17, 15) is 14.4 Å². The quantitative estimate of drug-likeness (QED) is 0.651. The van der Waals surface area contributed by atoms with Crippen LogP contribution in [0.4, 0.5) is 5.69 Å². The summed E-state index contributed by atoms with van der Waals surface area (Å²) < 4.78 is 0. The van der Waals surface area contributed by atoms with Crippen molar-refractivity contribution in [2.45, 2.75) is 20.3 Å². The summed E-state index contributed by atoms with van der Waals surface area (Å²) in [7, 11) is 0. The normalized spacial score (nSPS) is 10.6. The molecule has 6 heteroatoms. The summed E-state index contributed by atoms with van der Waals surface area (Å²) in [6.45, 7) is 3.78. The van der Waals surface area contributed by atoms with Gasteiger partial charge in [-0.25, -0.2) is 0 Å². The number of amides is 2. The van der Waals surface area contributed by atoms with Gasteiger partial charge in [-0.3, -0.25) is 14.4 Å². The molecule has 3 aromatic rings. The summed E-state index contributed by atoms with van der Waals surface area (Å²) in [4.78, 5) is 38.3. The fraction of sp³-hybridized carbons (Fsp3) is 0.190. The van der Waals surface area contributed by atoms with Crippen molar-refractivity contribution >= 4 is 28.4 Å². The number of rotatable bonds is 5. The molecule has 0 unspecified atom stereocenters. The summed E-state index contributed by atoms with van der Waals surface area (Å²) in [5.74, 6) is -0.388. The van der Waals surface area contributed by atoms with Crippen LogP contribution in [0.1, 0.15) is 28.4 Å². The standard InChI is InChI=1S/C21H21N3O3/c1-13-3-8-19-17(11-13)12-16(21(27)24-19)9-10-22-20(26)15-4-6-18(7-5-15)23-14(2)25/h3-8,11-12H,9-10H2,1-2H3,(H,22,26)(H,23,25)(H,24,27). The largest absolute Gasteiger partial charge is 0.352 e. The summed E-state index contributed by atoms with van der Waals surface area (Å²) in [5.41, 5.74) is 3.55. The van der Waals surface area contributed by atoms with Gasteiger partial charge in [0.25, 0.3) is 11.5 Å². The summed E-state index contributed by atoms with van der Waals surface area (Å²) in [5, 5.41) is 6.44. The van der Waals surface area contributed by atoms with Crippen LogP contribution < -0.4 is 16.2 Å². The number of anilines is 1. The van der Waals surface area contributed by atoms with Gasteiger partial charge in [0, 0.05) is 35.8 Å². The molecule has 0 atom stereocenters. The van der Waals surface area contributed by atoms with Gasteiger partial charge in [0.1, 0.15) is 0 Å². The smallest absolute Gasteiger partial charge is 0.251 e. The number of benzene rings is 2. The van der Waals surface area contributed by atoms with Gasteiger partial charge in [0.05, 0.1) is 0 Å². The van der Waals surface area contributed by atoms with Crippen LogP contribution >= 0.6 is 0 Å². The molecule has 2 amide bonds. The monoisotopic (exact) mass is 363 g/mol. The van der Waals surface area contributed by atoms with Crippen LogP contribution in [0.3, 0.4) is 0 Å². The Labute approximate surface area is 156 Å². The van der Waals surface area contributed by atoms with Crippen molar-refractivity contribution in [1.29, 1.82) is 0 Å². The van der Waals surface area contributed by atoms with E-state index in [1.165, 1.54) is 6.92 Å². The predicted octanol–water partition coefficient (Wildman–Crippen LogP) is 2.77. The van der Waals surface area contributed by atoms with E-state index in [4.69, 9.17) is 0 Å². The Morgan fingerprint density at radius 3 is 2.48 bits per heavy atom. The van der Waals surface area contributed by atoms with Crippen LogP contribution in [-0.4, -0.2) is 23.3 Å². The molecule has 138 valence electrons. The first-order valence-electron chi connectivity index (χ1n) is 8.71. The lowest BCUT2D eigenvalue weighted by molar-refractivity contribution is -0.114. The molecule has 0 fully saturated rings. The third kappa shape index (κ3) is 4.61. The number of carbonyl (C=O) groups is 2. The van der Waals surface area contributed by atoms with Gasteiger partial charge < -0.3 is 15.6 Å². The molecule has 27 heavy (non-hydrogen) atoms. The fourth-order valence-electron chi connectivity index (χ4n) is 2.88. The van der Waals surface area contributed by atoms with Gasteiger partial charge in [-0.15, -0.1) is 0 Å². The van der Waals surface area contributed by atoms with E-state index in [1.54, 1.807) is 24.3 Å². The number of aromatic nitrogens is 1. The number of aryl methyl sites for hydroxylation is 1. The summed E-state index contributed by atoms with van der Waals surface area (Å²) in [6, 6.07) is 14.4. The molecule has 0 bridgehead atoms. The Bertz CT molecular complexity index is 1050. The Kier molecular flexibility index (Phi) is 5.35. The first-order chi connectivity index (χ1) is 12.9. The Balaban J connectivity index is 1.63. The lowest BCUT2D eigenvalue weighted by Crippen LogP contribution is -2.27. The number of nitrogens with one attached hydrogen (secondary N) is 3. The van der Waals surface area contributed by atoms with Crippen LogP contribution in [-0.2, 0) is 11.2 Å². The molecule has 1 heterocycles. The van der Waals surface area contributed by atoms with Crippen molar-refractivity contribution in [1.82, 2.24) is 10.3 Å². The number of aromatic amines is 1. The van der Waals surface area contributed by atoms with E-state index in [0.717, 1.165) is 16.5 Å². The van der Waals surface area contributed by atoms with Gasteiger partial charge >= 0.3 is 0 Å². The van der Waals surface area contributed by atoms with E-state index in [-0.39, 0.29) is 17.4 Å². The number of pyridine rings is 1. The van der Waals surface area contributed by atoms with E-state index in [0.29, 0.717) is 29.8 Å². The number of H-pyrrole nitrogens is 1. The number of fused-ring (bicyclic) bond motifs is 1. The van der Waals surface area contributed by atoms with Gasteiger partial charge in [-0.05, 0) is 61.2 Å². The van der Waals surface area contributed by atoms with E-state index >= 15 is 0 Å². The van der Waals surface area contributed by atoms with Gasteiger partial charge in [-0.1, -0.05) is 11.6 Å². The number of hydrogen-bond donors (Lipinski definition) is 3. The SMILES string of the molecule is CC(=O)Nc1ccc(C(=O)NCCc2cc3cc(C)ccc3[nH]c2=O)cc1. The zero-order chi connectivity index (χ0) is 19.4. The Hall–Kier alpha value is -3.41. The van der Waals surface area contributed by atoms with E-state index in [1.807, 2.05) is 31.2 Å². The molecule has 0 saturated heterocycles. The molecule has 0 spiro atoms. The van der Waals surface area contributed by atoms with Crippen LogP contribution in [0.5, 0.6) is 0 Å². The lowest BCUT2D eigenvalue weighted by atomic mass is 10.1. The minimum absolute atomic E-state index is 0.139. The molecule has 3 N–H and O–H groups in total. The summed E-state index contributed by atoms with van der Waals surface area (Å²) in [6.07, 6.45) is 0.439. The molecule has 0 aliphatic heterocycles. The number of hydrogen-bond acceptors (Lipinski definition) is 3. The molecule has 0 saturated carbocycles. The average molecular weight is 363 g/mol. The molecule has 0 radical (unpaired) electrons. The van der Waals surface area contributed by atoms with Crippen LogP contribution in [0.25, 0.3) is 10.9 Å². The minimum atomic E-state index is -0.225. The highest BCUT2D eigenvalue weighted by molar-refractivity contribution is 5.95. The second kappa shape index (κ2) is 7.86. The van der Waals surface area contributed by atoms with Gasteiger partial charge in [-0.2, -0.15) is 0 Å². The maximum atomic E-state index is 12.2. The molecular formula is C21H21N3O3. The van der Waals surface area contributed by atoms with Crippen molar-refractivity contribution in [3.05, 3.63) is 75.6 Å². The molecule has 3 rings (SSSR count). The molecule has 0 aliphatic carbocycles. The van der Waals surface area contributed by atoms with E-state index in [2.05, 4.69) is 15.6 Å². The van der Waals surface area contributed by atoms with Gasteiger partial charge in [0.2, 0.25) is 5.91 Å². The molecule has 6 nitrogen and oxygen atoms in total. The minimum Gasteiger partial charge on any atom is -0.352 e. The van der Waals surface area contributed by atoms with Crippen molar-refractivity contribution in [2.24, 2.45) is 0 Å². The van der Waals surface area contributed by atoms with Crippen LogP contribution in [0, 0.1) is 6.92 Å². The fourth-order valence-corrected chi connectivity index (χ4v) is 2.88. The third-order valence-corrected chi connectivity index (χ3v) is 4.22. The first kappa shape index (κ1) is 18.4. The lowest BCUT2D eigenvalue weighted by Gasteiger charge is -2.07. The zero-order valence-corrected chi connectivity index (χ0v) is 15.3. The van der Waals surface area contributed by atoms with Crippen molar-refractivity contribution < 1.29 is 9.59 Å².